The molecule has 1 aromatic heterocycles. The Balaban J connectivity index is 1.98. The molecule has 2 N–H and O–H groups in total. The molecule has 1 aliphatic heterocycles. The third-order valence-electron chi connectivity index (χ3n) is 4.95. The van der Waals surface area contributed by atoms with Crippen LogP contribution in [0.4, 0.5) is 17.2 Å². The lowest BCUT2D eigenvalue weighted by Crippen LogP contribution is -2.30. The van der Waals surface area contributed by atoms with Crippen molar-refractivity contribution < 1.29 is 9.90 Å². The van der Waals surface area contributed by atoms with Crippen LogP contribution < -0.4 is 10.2 Å². The van der Waals surface area contributed by atoms with Crippen LogP contribution in [0.2, 0.25) is 0 Å². The standard InChI is InChI=1S/C21H27N5O2/c1-14-18(25-15(2)20(28)22-10-7-11-27)19(24-13-23-14)26-12-21(3,4)16-8-5-6-9-17(16)26/h5-6,8-9,13,27H,7,10-12H2,1-4H3,(H,22,28). The molecule has 1 aromatic carbocycles. The average molecular weight is 381 g/mol. The van der Waals surface area contributed by atoms with E-state index in [-0.39, 0.29) is 17.9 Å². The Kier molecular flexibility index (Phi) is 5.74. The monoisotopic (exact) mass is 381 g/mol. The summed E-state index contributed by atoms with van der Waals surface area (Å²) >= 11 is 0. The van der Waals surface area contributed by atoms with Gasteiger partial charge in [-0.15, -0.1) is 0 Å². The second kappa shape index (κ2) is 8.06. The van der Waals surface area contributed by atoms with Gasteiger partial charge in [0.1, 0.15) is 17.7 Å². The number of carbonyl (C=O) groups is 1. The Morgan fingerprint density at radius 2 is 2.07 bits per heavy atom. The minimum Gasteiger partial charge on any atom is -0.396 e. The summed E-state index contributed by atoms with van der Waals surface area (Å²) in [5.74, 6) is 0.442. The predicted molar refractivity (Wildman–Crippen MR) is 111 cm³/mol. The summed E-state index contributed by atoms with van der Waals surface area (Å²) in [7, 11) is 0. The maximum atomic E-state index is 12.3. The first-order chi connectivity index (χ1) is 13.3. The van der Waals surface area contributed by atoms with Crippen LogP contribution in [0.3, 0.4) is 0 Å². The fraction of sp³-hybridized carbons (Fsp3) is 0.429. The topological polar surface area (TPSA) is 90.7 Å². The van der Waals surface area contributed by atoms with Crippen LogP contribution in [0.5, 0.6) is 0 Å². The summed E-state index contributed by atoms with van der Waals surface area (Å²) < 4.78 is 0. The third-order valence-corrected chi connectivity index (χ3v) is 4.95. The SMILES string of the molecule is CC(=Nc1c(C)ncnc1N1CC(C)(C)c2ccccc21)C(=O)NCCCO. The molecule has 2 aromatic rings. The quantitative estimate of drug-likeness (QED) is 0.593. The molecule has 0 bridgehead atoms. The van der Waals surface area contributed by atoms with Crippen molar-refractivity contribution in [3.05, 3.63) is 41.9 Å². The molecule has 0 spiro atoms. The molecule has 28 heavy (non-hydrogen) atoms. The Morgan fingerprint density at radius 1 is 1.32 bits per heavy atom. The second-order valence-electron chi connectivity index (χ2n) is 7.65. The van der Waals surface area contributed by atoms with Gasteiger partial charge in [0, 0.05) is 30.8 Å². The lowest BCUT2D eigenvalue weighted by atomic mass is 9.87. The second-order valence-corrected chi connectivity index (χ2v) is 7.65. The van der Waals surface area contributed by atoms with Crippen molar-refractivity contribution in [1.82, 2.24) is 15.3 Å². The van der Waals surface area contributed by atoms with Crippen LogP contribution in [0.1, 0.15) is 38.4 Å². The molecule has 0 fully saturated rings. The van der Waals surface area contributed by atoms with E-state index in [1.165, 1.54) is 11.9 Å². The number of amides is 1. The van der Waals surface area contributed by atoms with E-state index >= 15 is 0 Å². The summed E-state index contributed by atoms with van der Waals surface area (Å²) in [6.45, 7) is 9.18. The first-order valence-corrected chi connectivity index (χ1v) is 9.48. The molecule has 2 heterocycles. The Labute approximate surface area is 165 Å². The zero-order chi connectivity index (χ0) is 20.3. The van der Waals surface area contributed by atoms with Crippen molar-refractivity contribution in [2.75, 3.05) is 24.6 Å². The number of aromatic nitrogens is 2. The fourth-order valence-corrected chi connectivity index (χ4v) is 3.45. The van der Waals surface area contributed by atoms with Crippen molar-refractivity contribution in [1.29, 1.82) is 0 Å². The number of hydrogen-bond donors (Lipinski definition) is 2. The van der Waals surface area contributed by atoms with Crippen molar-refractivity contribution in [2.45, 2.75) is 39.5 Å². The van der Waals surface area contributed by atoms with Gasteiger partial charge in [0.2, 0.25) is 0 Å². The Hall–Kier alpha value is -2.80. The van der Waals surface area contributed by atoms with Gasteiger partial charge in [0.25, 0.3) is 5.91 Å². The number of fused-ring (bicyclic) bond motifs is 1. The van der Waals surface area contributed by atoms with Crippen LogP contribution in [0.15, 0.2) is 35.6 Å². The van der Waals surface area contributed by atoms with Crippen molar-refractivity contribution in [3.63, 3.8) is 0 Å². The van der Waals surface area contributed by atoms with E-state index < -0.39 is 0 Å². The van der Waals surface area contributed by atoms with E-state index in [0.717, 1.165) is 17.9 Å². The molecule has 0 aliphatic carbocycles. The number of aliphatic hydroxyl groups is 1. The normalized spacial score (nSPS) is 15.5. The summed E-state index contributed by atoms with van der Waals surface area (Å²) in [5, 5.41) is 11.6. The minimum atomic E-state index is -0.259. The van der Waals surface area contributed by atoms with Gasteiger partial charge in [-0.05, 0) is 31.9 Å². The molecule has 7 heteroatoms. The number of hydrogen-bond acceptors (Lipinski definition) is 6. The number of rotatable bonds is 6. The lowest BCUT2D eigenvalue weighted by Gasteiger charge is -2.23. The Morgan fingerprint density at radius 3 is 2.82 bits per heavy atom. The molecule has 1 aliphatic rings. The lowest BCUT2D eigenvalue weighted by molar-refractivity contribution is -0.114. The molecular weight excluding hydrogens is 354 g/mol. The summed E-state index contributed by atoms with van der Waals surface area (Å²) in [6.07, 6.45) is 2.05. The zero-order valence-corrected chi connectivity index (χ0v) is 16.9. The smallest absolute Gasteiger partial charge is 0.265 e. The molecule has 0 atom stereocenters. The van der Waals surface area contributed by atoms with Gasteiger partial charge in [0.15, 0.2) is 5.82 Å². The summed E-state index contributed by atoms with van der Waals surface area (Å²) in [6, 6.07) is 8.30. The zero-order valence-electron chi connectivity index (χ0n) is 16.9. The number of carbonyl (C=O) groups excluding carboxylic acids is 1. The van der Waals surface area contributed by atoms with Gasteiger partial charge in [-0.2, -0.15) is 0 Å². The average Bonchev–Trinajstić information content (AvgIpc) is 2.95. The van der Waals surface area contributed by atoms with Crippen LogP contribution in [-0.4, -0.2) is 46.4 Å². The highest BCUT2D eigenvalue weighted by Crippen LogP contribution is 2.46. The molecule has 1 amide bonds. The maximum absolute atomic E-state index is 12.3. The predicted octanol–water partition coefficient (Wildman–Crippen LogP) is 2.81. The Bertz CT molecular complexity index is 907. The van der Waals surface area contributed by atoms with Gasteiger partial charge in [-0.1, -0.05) is 32.0 Å². The molecular formula is C21H27N5O2. The van der Waals surface area contributed by atoms with Crippen LogP contribution in [0.25, 0.3) is 0 Å². The van der Waals surface area contributed by atoms with Crippen LogP contribution >= 0.6 is 0 Å². The van der Waals surface area contributed by atoms with E-state index in [1.54, 1.807) is 6.92 Å². The fourth-order valence-electron chi connectivity index (χ4n) is 3.45. The largest absolute Gasteiger partial charge is 0.396 e. The number of nitrogens with one attached hydrogen (secondary N) is 1. The molecule has 148 valence electrons. The summed E-state index contributed by atoms with van der Waals surface area (Å²) in [4.78, 5) is 27.8. The molecule has 0 saturated heterocycles. The van der Waals surface area contributed by atoms with Crippen LogP contribution in [-0.2, 0) is 10.2 Å². The highest BCUT2D eigenvalue weighted by atomic mass is 16.3. The van der Waals surface area contributed by atoms with Gasteiger partial charge in [-0.25, -0.2) is 15.0 Å². The van der Waals surface area contributed by atoms with Crippen molar-refractivity contribution in [2.24, 2.45) is 4.99 Å². The molecule has 0 unspecified atom stereocenters. The maximum Gasteiger partial charge on any atom is 0.265 e. The number of anilines is 2. The number of para-hydroxylation sites is 1. The number of nitrogens with zero attached hydrogens (tertiary/aromatic N) is 4. The number of benzene rings is 1. The minimum absolute atomic E-state index is 0.0207. The molecule has 0 saturated carbocycles. The van der Waals surface area contributed by atoms with E-state index in [1.807, 2.05) is 13.0 Å². The number of aliphatic hydroxyl groups excluding tert-OH is 1. The van der Waals surface area contributed by atoms with E-state index in [0.29, 0.717) is 30.2 Å². The highest BCUT2D eigenvalue weighted by molar-refractivity contribution is 6.38. The molecule has 0 radical (unpaired) electrons. The molecule has 3 rings (SSSR count). The highest BCUT2D eigenvalue weighted by Gasteiger charge is 2.37. The van der Waals surface area contributed by atoms with Crippen molar-refractivity contribution >= 4 is 28.8 Å². The van der Waals surface area contributed by atoms with Gasteiger partial charge < -0.3 is 15.3 Å². The van der Waals surface area contributed by atoms with E-state index in [4.69, 9.17) is 5.11 Å². The van der Waals surface area contributed by atoms with Crippen LogP contribution in [0, 0.1) is 6.92 Å². The summed E-state index contributed by atoms with van der Waals surface area (Å²) in [5.41, 5.74) is 4.00. The first kappa shape index (κ1) is 19.9. The number of aryl methyl sites for hydroxylation is 1. The van der Waals surface area contributed by atoms with Crippen molar-refractivity contribution in [3.8, 4) is 0 Å². The first-order valence-electron chi connectivity index (χ1n) is 9.48. The molecule has 7 nitrogen and oxygen atoms in total. The van der Waals surface area contributed by atoms with E-state index in [9.17, 15) is 4.79 Å². The third kappa shape index (κ3) is 3.89. The van der Waals surface area contributed by atoms with Gasteiger partial charge in [0.05, 0.1) is 5.69 Å². The van der Waals surface area contributed by atoms with E-state index in [2.05, 4.69) is 57.2 Å². The van der Waals surface area contributed by atoms with Gasteiger partial charge in [-0.3, -0.25) is 4.79 Å². The van der Waals surface area contributed by atoms with Gasteiger partial charge >= 0.3 is 0 Å². The number of aliphatic imine (C=N–C) groups is 1.